The molecule has 34 heavy (non-hydrogen) atoms. The summed E-state index contributed by atoms with van der Waals surface area (Å²) in [4.78, 5) is 16.0. The Hall–Kier alpha value is -3.11. The Morgan fingerprint density at radius 2 is 1.59 bits per heavy atom. The van der Waals surface area contributed by atoms with Crippen molar-refractivity contribution >= 4 is 5.78 Å². The molecule has 4 heteroatoms. The van der Waals surface area contributed by atoms with Crippen molar-refractivity contribution in [3.8, 4) is 11.5 Å². The van der Waals surface area contributed by atoms with E-state index >= 15 is 0 Å². The highest BCUT2D eigenvalue weighted by Gasteiger charge is 2.39. The van der Waals surface area contributed by atoms with Gasteiger partial charge < -0.3 is 9.47 Å². The molecule has 0 N–H and O–H groups in total. The second-order valence-corrected chi connectivity index (χ2v) is 9.56. The van der Waals surface area contributed by atoms with Crippen LogP contribution in [0.4, 0.5) is 0 Å². The Morgan fingerprint density at radius 1 is 0.882 bits per heavy atom. The number of carbonyl (C=O) groups is 1. The first kappa shape index (κ1) is 22.7. The lowest BCUT2D eigenvalue weighted by atomic mass is 9.83. The number of rotatable bonds is 8. The van der Waals surface area contributed by atoms with Crippen LogP contribution in [0, 0.1) is 5.92 Å². The molecular weight excluding hydrogens is 422 g/mol. The zero-order valence-electron chi connectivity index (χ0n) is 19.9. The van der Waals surface area contributed by atoms with Gasteiger partial charge in [-0.15, -0.1) is 0 Å². The van der Waals surface area contributed by atoms with Crippen LogP contribution in [0.3, 0.4) is 0 Å². The third kappa shape index (κ3) is 5.02. The maximum absolute atomic E-state index is 13.6. The van der Waals surface area contributed by atoms with E-state index in [1.165, 1.54) is 18.4 Å². The van der Waals surface area contributed by atoms with Gasteiger partial charge in [0.15, 0.2) is 17.3 Å². The lowest BCUT2D eigenvalue weighted by Gasteiger charge is -2.21. The zero-order chi connectivity index (χ0) is 23.3. The van der Waals surface area contributed by atoms with Crippen LogP contribution in [0.25, 0.3) is 0 Å². The van der Waals surface area contributed by atoms with Gasteiger partial charge >= 0.3 is 0 Å². The highest BCUT2D eigenvalue weighted by molar-refractivity contribution is 5.98. The molecule has 4 nitrogen and oxygen atoms in total. The highest BCUT2D eigenvalue weighted by Crippen LogP contribution is 2.40. The summed E-state index contributed by atoms with van der Waals surface area (Å²) in [5.41, 5.74) is 3.21. The fraction of sp³-hybridized carbons (Fsp3) is 0.367. The van der Waals surface area contributed by atoms with Crippen LogP contribution in [-0.4, -0.2) is 37.0 Å². The molecule has 1 aliphatic heterocycles. The number of nitrogens with zero attached hydrogens (tertiary/aromatic N) is 1. The van der Waals surface area contributed by atoms with Crippen molar-refractivity contribution in [1.29, 1.82) is 0 Å². The van der Waals surface area contributed by atoms with Gasteiger partial charge in [0.25, 0.3) is 0 Å². The largest absolute Gasteiger partial charge is 0.493 e. The molecule has 0 spiro atoms. The van der Waals surface area contributed by atoms with Crippen LogP contribution in [0.1, 0.15) is 53.1 Å². The van der Waals surface area contributed by atoms with Crippen molar-refractivity contribution in [1.82, 2.24) is 4.90 Å². The average molecular weight is 456 g/mol. The summed E-state index contributed by atoms with van der Waals surface area (Å²) in [5, 5.41) is 0. The molecule has 2 aliphatic rings. The summed E-state index contributed by atoms with van der Waals surface area (Å²) < 4.78 is 12.0. The van der Waals surface area contributed by atoms with E-state index in [4.69, 9.17) is 9.47 Å². The molecule has 1 saturated heterocycles. The van der Waals surface area contributed by atoms with E-state index in [0.29, 0.717) is 0 Å². The van der Waals surface area contributed by atoms with Crippen LogP contribution < -0.4 is 9.47 Å². The molecule has 1 heterocycles. The van der Waals surface area contributed by atoms with Crippen molar-refractivity contribution in [3.05, 3.63) is 95.6 Å². The quantitative estimate of drug-likeness (QED) is 0.384. The van der Waals surface area contributed by atoms with E-state index in [1.54, 1.807) is 7.11 Å². The summed E-state index contributed by atoms with van der Waals surface area (Å²) in [5.74, 6) is 1.79. The minimum absolute atomic E-state index is 0.0983. The number of carbonyl (C=O) groups excluding carboxylic acids is 1. The molecule has 3 aromatic carbocycles. The van der Waals surface area contributed by atoms with Gasteiger partial charge in [0, 0.05) is 37.0 Å². The van der Waals surface area contributed by atoms with E-state index in [0.717, 1.165) is 55.1 Å². The van der Waals surface area contributed by atoms with Crippen molar-refractivity contribution < 1.29 is 14.3 Å². The monoisotopic (exact) mass is 455 g/mol. The molecule has 1 saturated carbocycles. The van der Waals surface area contributed by atoms with Crippen molar-refractivity contribution in [2.45, 2.75) is 44.2 Å². The molecule has 0 amide bonds. The first-order valence-electron chi connectivity index (χ1n) is 12.4. The Bertz CT molecular complexity index is 1090. The van der Waals surface area contributed by atoms with Crippen LogP contribution in [0.15, 0.2) is 78.9 Å². The molecule has 2 fully saturated rings. The fourth-order valence-corrected chi connectivity index (χ4v) is 5.48. The van der Waals surface area contributed by atoms with E-state index in [9.17, 15) is 4.79 Å². The van der Waals surface area contributed by atoms with Crippen LogP contribution in [-0.2, 0) is 6.54 Å². The minimum atomic E-state index is -0.0983. The average Bonchev–Trinajstić information content (AvgIpc) is 3.55. The summed E-state index contributed by atoms with van der Waals surface area (Å²) >= 11 is 0. The predicted molar refractivity (Wildman–Crippen MR) is 135 cm³/mol. The molecule has 0 unspecified atom stereocenters. The van der Waals surface area contributed by atoms with Gasteiger partial charge in [0.1, 0.15) is 0 Å². The van der Waals surface area contributed by atoms with Gasteiger partial charge in [0.2, 0.25) is 0 Å². The Kier molecular flexibility index (Phi) is 6.96. The first-order valence-corrected chi connectivity index (χ1v) is 12.4. The maximum Gasteiger partial charge on any atom is 0.167 e. The Balaban J connectivity index is 1.44. The molecule has 0 bridgehead atoms. The molecule has 176 valence electrons. The molecule has 5 rings (SSSR count). The number of ketones is 1. The van der Waals surface area contributed by atoms with E-state index in [-0.39, 0.29) is 23.7 Å². The molecular formula is C30H33NO3. The second kappa shape index (κ2) is 10.4. The normalized spacial score (nSPS) is 21.0. The SMILES string of the molecule is COc1ccc([C@H]2CN(Cc3ccccc3)C[C@@H]2C(=O)c2ccccc2)cc1OC1CCCC1. The zero-order valence-corrected chi connectivity index (χ0v) is 19.9. The number of likely N-dealkylation sites (tertiary alicyclic amines) is 1. The van der Waals surface area contributed by atoms with Gasteiger partial charge in [-0.05, 0) is 48.9 Å². The van der Waals surface area contributed by atoms with E-state index in [1.807, 2.05) is 42.5 Å². The van der Waals surface area contributed by atoms with Crippen LogP contribution >= 0.6 is 0 Å². The number of benzene rings is 3. The van der Waals surface area contributed by atoms with Gasteiger partial charge in [-0.25, -0.2) is 0 Å². The van der Waals surface area contributed by atoms with Crippen LogP contribution in [0.2, 0.25) is 0 Å². The highest BCUT2D eigenvalue weighted by atomic mass is 16.5. The van der Waals surface area contributed by atoms with Gasteiger partial charge in [-0.2, -0.15) is 0 Å². The van der Waals surface area contributed by atoms with Gasteiger partial charge in [-0.3, -0.25) is 9.69 Å². The minimum Gasteiger partial charge on any atom is -0.493 e. The summed E-state index contributed by atoms with van der Waals surface area (Å²) in [6, 6.07) is 26.5. The van der Waals surface area contributed by atoms with Crippen LogP contribution in [0.5, 0.6) is 11.5 Å². The smallest absolute Gasteiger partial charge is 0.167 e. The standard InChI is InChI=1S/C30H33NO3/c1-33-28-17-16-24(18-29(28)34-25-14-8-9-15-25)26-20-31(19-22-10-4-2-5-11-22)21-27(26)30(32)23-12-6-3-7-13-23/h2-7,10-13,16-18,25-27H,8-9,14-15,19-21H2,1H3/t26-,27+/m1/s1. The van der Waals surface area contributed by atoms with E-state index < -0.39 is 0 Å². The summed E-state index contributed by atoms with van der Waals surface area (Å²) in [6.45, 7) is 2.43. The third-order valence-corrected chi connectivity index (χ3v) is 7.25. The molecule has 1 aliphatic carbocycles. The van der Waals surface area contributed by atoms with Crippen molar-refractivity contribution in [3.63, 3.8) is 0 Å². The first-order chi connectivity index (χ1) is 16.7. The predicted octanol–water partition coefficient (Wildman–Crippen LogP) is 6.12. The van der Waals surface area contributed by atoms with Gasteiger partial charge in [-0.1, -0.05) is 66.7 Å². The summed E-state index contributed by atoms with van der Waals surface area (Å²) in [7, 11) is 1.69. The summed E-state index contributed by atoms with van der Waals surface area (Å²) in [6.07, 6.45) is 4.88. The number of ether oxygens (including phenoxy) is 2. The van der Waals surface area contributed by atoms with Crippen molar-refractivity contribution in [2.75, 3.05) is 20.2 Å². The number of Topliss-reactive ketones (excluding diaryl/α,β-unsaturated/α-hetero) is 1. The lowest BCUT2D eigenvalue weighted by Crippen LogP contribution is -2.23. The number of methoxy groups -OCH3 is 1. The lowest BCUT2D eigenvalue weighted by molar-refractivity contribution is 0.0913. The number of hydrogen-bond donors (Lipinski definition) is 0. The third-order valence-electron chi connectivity index (χ3n) is 7.25. The number of hydrogen-bond acceptors (Lipinski definition) is 4. The Labute approximate surface area is 202 Å². The second-order valence-electron chi connectivity index (χ2n) is 9.56. The maximum atomic E-state index is 13.6. The van der Waals surface area contributed by atoms with Gasteiger partial charge in [0.05, 0.1) is 13.2 Å². The fourth-order valence-electron chi connectivity index (χ4n) is 5.48. The molecule has 0 aromatic heterocycles. The van der Waals surface area contributed by atoms with Crippen molar-refractivity contribution in [2.24, 2.45) is 5.92 Å². The Morgan fingerprint density at radius 3 is 2.29 bits per heavy atom. The van der Waals surface area contributed by atoms with E-state index in [2.05, 4.69) is 41.3 Å². The molecule has 2 atom stereocenters. The topological polar surface area (TPSA) is 38.8 Å². The molecule has 3 aromatic rings. The molecule has 0 radical (unpaired) electrons.